The van der Waals surface area contributed by atoms with Crippen LogP contribution in [0.25, 0.3) is 0 Å². The summed E-state index contributed by atoms with van der Waals surface area (Å²) in [7, 11) is 0. The predicted molar refractivity (Wildman–Crippen MR) is 57.4 cm³/mol. The van der Waals surface area contributed by atoms with Gasteiger partial charge in [-0.05, 0) is 0 Å². The van der Waals surface area contributed by atoms with Gasteiger partial charge in [0.2, 0.25) is 0 Å². The molecule has 1 aliphatic rings. The van der Waals surface area contributed by atoms with Crippen LogP contribution in [0.3, 0.4) is 0 Å². The first-order chi connectivity index (χ1) is 5.50. The summed E-state index contributed by atoms with van der Waals surface area (Å²) in [6.07, 6.45) is 10.0. The van der Waals surface area contributed by atoms with Gasteiger partial charge in [-0.3, -0.25) is 0 Å². The van der Waals surface area contributed by atoms with Crippen molar-refractivity contribution in [2.45, 2.75) is 17.5 Å². The summed E-state index contributed by atoms with van der Waals surface area (Å²) in [5.74, 6) is 5.62. The molecule has 0 unspecified atom stereocenters. The summed E-state index contributed by atoms with van der Waals surface area (Å²) in [5, 5.41) is 0. The van der Waals surface area contributed by atoms with Crippen molar-refractivity contribution in [2.75, 3.05) is 0 Å². The molecule has 0 saturated carbocycles. The van der Waals surface area contributed by atoms with E-state index in [-0.39, 0.29) is 21.7 Å². The Morgan fingerprint density at radius 2 is 0.833 bits per heavy atom. The van der Waals surface area contributed by atoms with Crippen LogP contribution >= 0.6 is 0 Å². The molecule has 0 heterocycles. The van der Waals surface area contributed by atoms with Crippen molar-refractivity contribution in [3.63, 3.8) is 0 Å². The summed E-state index contributed by atoms with van der Waals surface area (Å²) in [6, 6.07) is 0. The number of allylic oxidation sites excluding steroid dienone is 4. The summed E-state index contributed by atoms with van der Waals surface area (Å²) in [5.41, 5.74) is 0. The molecule has 0 bridgehead atoms. The van der Waals surface area contributed by atoms with Crippen LogP contribution in [-0.4, -0.2) is 48.0 Å². The second-order valence-electron chi connectivity index (χ2n) is 0.962. The molecule has 0 N–H and O–H groups in total. The van der Waals surface area contributed by atoms with E-state index in [4.69, 9.17) is 0 Å². The molecular weight excluding hydrogens is 381 g/mol. The third-order valence-electron chi connectivity index (χ3n) is 0.556. The Morgan fingerprint density at radius 1 is 0.583 bits per heavy atom. The third-order valence-corrected chi connectivity index (χ3v) is 0.556. The van der Waals surface area contributed by atoms with Crippen LogP contribution in [-0.2, 0) is 21.7 Å². The fourth-order valence-corrected chi connectivity index (χ4v) is 0.321. The maximum absolute atomic E-state index is 2.62. The van der Waals surface area contributed by atoms with E-state index in [1.54, 1.807) is 0 Å². The van der Waals surface area contributed by atoms with Crippen molar-refractivity contribution in [1.82, 2.24) is 0 Å². The molecule has 0 aromatic carbocycles. The molecule has 0 spiro atoms. The van der Waals surface area contributed by atoms with Crippen LogP contribution in [0.5, 0.6) is 0 Å². The van der Waals surface area contributed by atoms with Gasteiger partial charge in [0.05, 0.1) is 0 Å². The van der Waals surface area contributed by atoms with Gasteiger partial charge in [-0.1, -0.05) is 24.3 Å². The Kier molecular flexibility index (Phi) is 75.7. The van der Waals surface area contributed by atoms with Crippen LogP contribution < -0.4 is 0 Å². The van der Waals surface area contributed by atoms with Crippen molar-refractivity contribution in [1.29, 1.82) is 0 Å². The van der Waals surface area contributed by atoms with Gasteiger partial charge in [-0.15, -0.1) is 0 Å². The first-order valence-electron chi connectivity index (χ1n) is 2.89. The molecule has 0 atom stereocenters. The predicted octanol–water partition coefficient (Wildman–Crippen LogP) is 1.92. The summed E-state index contributed by atoms with van der Waals surface area (Å²) in [6.45, 7) is 0. The van der Waals surface area contributed by atoms with Crippen molar-refractivity contribution in [3.05, 3.63) is 30.7 Å². The fraction of sp³-hybridized carbons (Fsp3) is 0.375. The molecule has 0 amide bonds. The van der Waals surface area contributed by atoms with Crippen molar-refractivity contribution in [2.24, 2.45) is 0 Å². The molecule has 1 aliphatic carbocycles. The smallest absolute Gasteiger partial charge is 0.00506 e. The van der Waals surface area contributed by atoms with Gasteiger partial charge in [0.15, 0.2) is 0 Å². The number of hydrogen-bond acceptors (Lipinski definition) is 0. The maximum atomic E-state index is 2.62. The van der Waals surface area contributed by atoms with E-state index in [2.05, 4.69) is 48.0 Å². The molecule has 4 radical (unpaired) electrons. The molecule has 0 fully saturated rings. The maximum Gasteiger partial charge on any atom is 0.00506 e. The van der Waals surface area contributed by atoms with Gasteiger partial charge in [0.1, 0.15) is 0 Å². The second kappa shape index (κ2) is 38.6. The first-order valence-corrected chi connectivity index (χ1v) is 8.03. The Morgan fingerprint density at radius 3 is 0.917 bits per heavy atom. The van der Waals surface area contributed by atoms with E-state index in [9.17, 15) is 0 Å². The van der Waals surface area contributed by atoms with E-state index in [1.807, 2.05) is 48.2 Å². The zero-order chi connectivity index (χ0) is 9.54. The standard InChI is InChI=1S/C5H5.3CH3Se.Ti/c1-2-4-5-3-1;3*1-2;/h1-5H;3*1H3;. The molecule has 0 saturated heterocycles. The van der Waals surface area contributed by atoms with Crippen LogP contribution in [0.4, 0.5) is 0 Å². The van der Waals surface area contributed by atoms with E-state index in [0.29, 0.717) is 0 Å². The van der Waals surface area contributed by atoms with Gasteiger partial charge in [-0.25, -0.2) is 0 Å². The number of rotatable bonds is 0. The van der Waals surface area contributed by atoms with Crippen molar-refractivity contribution in [3.8, 4) is 0 Å². The molecule has 68 valence electrons. The Labute approximate surface area is 117 Å². The monoisotopic (exact) mass is 398 g/mol. The van der Waals surface area contributed by atoms with Gasteiger partial charge in [0.25, 0.3) is 0 Å². The topological polar surface area (TPSA) is 0 Å². The summed E-state index contributed by atoms with van der Waals surface area (Å²) >= 11 is 7.88. The Bertz CT molecular complexity index is 72.4. The van der Waals surface area contributed by atoms with Crippen LogP contribution in [0.1, 0.15) is 0 Å². The Balaban J connectivity index is -0.0000000406. The van der Waals surface area contributed by atoms with Gasteiger partial charge in [-0.2, -0.15) is 0 Å². The molecule has 0 nitrogen and oxygen atoms in total. The van der Waals surface area contributed by atoms with Gasteiger partial charge >= 0.3 is 65.5 Å². The van der Waals surface area contributed by atoms with Gasteiger partial charge in [0, 0.05) is 28.1 Å². The minimum absolute atomic E-state index is 0. The minimum atomic E-state index is 0. The third kappa shape index (κ3) is 29.8. The largest absolute Gasteiger partial charge is 0.0767 e. The number of hydrogen-bond donors (Lipinski definition) is 0. The molecule has 0 aromatic rings. The normalized spacial score (nSPS) is 8.83. The zero-order valence-corrected chi connectivity index (χ0v) is 14.3. The van der Waals surface area contributed by atoms with Crippen LogP contribution in [0.15, 0.2) is 24.3 Å². The quantitative estimate of drug-likeness (QED) is 0.551. The molecule has 1 rings (SSSR count). The van der Waals surface area contributed by atoms with E-state index in [0.717, 1.165) is 0 Å². The molecule has 4 heteroatoms. The minimum Gasteiger partial charge on any atom is -0.0767 e. The van der Waals surface area contributed by atoms with Gasteiger partial charge < -0.3 is 0 Å². The molecular formula is C8H14Se3Ti. The van der Waals surface area contributed by atoms with Crippen LogP contribution in [0, 0.1) is 6.42 Å². The van der Waals surface area contributed by atoms with Crippen molar-refractivity contribution >= 4 is 48.0 Å². The Hall–Kier alpha value is 1.75. The van der Waals surface area contributed by atoms with E-state index >= 15 is 0 Å². The molecule has 0 aromatic heterocycles. The molecule has 0 aliphatic heterocycles. The second-order valence-corrected chi connectivity index (χ2v) is 0.962. The molecule has 12 heavy (non-hydrogen) atoms. The van der Waals surface area contributed by atoms with E-state index < -0.39 is 0 Å². The van der Waals surface area contributed by atoms with Crippen LogP contribution in [0.2, 0.25) is 17.5 Å². The van der Waals surface area contributed by atoms with E-state index in [1.165, 1.54) is 0 Å². The summed E-state index contributed by atoms with van der Waals surface area (Å²) in [4.78, 5) is 0. The van der Waals surface area contributed by atoms with Crippen molar-refractivity contribution < 1.29 is 21.7 Å². The summed E-state index contributed by atoms with van der Waals surface area (Å²) < 4.78 is 0. The SMILES string of the molecule is C[Se].C[Se].C[Se].[CH]1C=CC=C1.[Ti]. The fourth-order valence-electron chi connectivity index (χ4n) is 0.321. The average molecular weight is 395 g/mol. The average Bonchev–Trinajstić information content (AvgIpc) is 2.71. The first kappa shape index (κ1) is 23.5. The zero-order valence-electron chi connectivity index (χ0n) is 7.61.